The van der Waals surface area contributed by atoms with E-state index in [4.69, 9.17) is 0 Å². The topological polar surface area (TPSA) is 71.1 Å². The Hall–Kier alpha value is -1.14. The molecular formula is C11H17N3O2S. The maximum atomic E-state index is 11.8. The van der Waals surface area contributed by atoms with Crippen molar-refractivity contribution in [1.29, 1.82) is 0 Å². The fourth-order valence-electron chi connectivity index (χ4n) is 1.89. The van der Waals surface area contributed by atoms with Crippen LogP contribution in [0.15, 0.2) is 18.3 Å². The molecule has 0 saturated carbocycles. The van der Waals surface area contributed by atoms with Crippen LogP contribution < -0.4 is 10.0 Å². The highest BCUT2D eigenvalue weighted by Crippen LogP contribution is 2.11. The van der Waals surface area contributed by atoms with Gasteiger partial charge in [-0.2, -0.15) is 0 Å². The number of aryl methyl sites for hydroxylation is 1. The molecule has 2 rings (SSSR count). The zero-order chi connectivity index (χ0) is 12.3. The van der Waals surface area contributed by atoms with Gasteiger partial charge in [-0.15, -0.1) is 0 Å². The molecule has 1 fully saturated rings. The van der Waals surface area contributed by atoms with Crippen molar-refractivity contribution in [2.75, 3.05) is 17.0 Å². The van der Waals surface area contributed by atoms with Gasteiger partial charge in [-0.25, -0.2) is 13.4 Å². The summed E-state index contributed by atoms with van der Waals surface area (Å²) < 4.78 is 26.2. The van der Waals surface area contributed by atoms with Gasteiger partial charge in [0, 0.05) is 12.2 Å². The van der Waals surface area contributed by atoms with E-state index in [9.17, 15) is 8.42 Å². The van der Waals surface area contributed by atoms with Gasteiger partial charge in [0.15, 0.2) is 0 Å². The number of rotatable bonds is 4. The molecule has 1 aromatic rings. The number of sulfonamides is 1. The Kier molecular flexibility index (Phi) is 3.63. The molecule has 1 atom stereocenters. The third-order valence-electron chi connectivity index (χ3n) is 2.75. The van der Waals surface area contributed by atoms with Gasteiger partial charge in [-0.05, 0) is 37.9 Å². The van der Waals surface area contributed by atoms with Gasteiger partial charge >= 0.3 is 0 Å². The third kappa shape index (κ3) is 3.67. The Morgan fingerprint density at radius 2 is 2.35 bits per heavy atom. The van der Waals surface area contributed by atoms with Crippen LogP contribution >= 0.6 is 0 Å². The van der Waals surface area contributed by atoms with Crippen LogP contribution in [0.2, 0.25) is 0 Å². The van der Waals surface area contributed by atoms with E-state index in [0.717, 1.165) is 24.9 Å². The fraction of sp³-hybridized carbons (Fsp3) is 0.545. The molecule has 0 spiro atoms. The van der Waals surface area contributed by atoms with Crippen molar-refractivity contribution in [3.05, 3.63) is 23.9 Å². The van der Waals surface area contributed by atoms with Gasteiger partial charge in [0.25, 0.3) is 0 Å². The Balaban J connectivity index is 1.98. The number of nitrogens with zero attached hydrogens (tertiary/aromatic N) is 1. The van der Waals surface area contributed by atoms with Gasteiger partial charge in [0.2, 0.25) is 10.0 Å². The zero-order valence-electron chi connectivity index (χ0n) is 9.81. The molecule has 0 radical (unpaired) electrons. The summed E-state index contributed by atoms with van der Waals surface area (Å²) in [6, 6.07) is 3.58. The van der Waals surface area contributed by atoms with E-state index < -0.39 is 10.0 Å². The van der Waals surface area contributed by atoms with Crippen LogP contribution in [0.4, 0.5) is 5.82 Å². The summed E-state index contributed by atoms with van der Waals surface area (Å²) in [5.74, 6) is 0.497. The van der Waals surface area contributed by atoms with Gasteiger partial charge in [-0.3, -0.25) is 4.72 Å². The maximum Gasteiger partial charge on any atom is 0.235 e. The van der Waals surface area contributed by atoms with Crippen LogP contribution in [-0.4, -0.2) is 31.7 Å². The number of anilines is 1. The highest BCUT2D eigenvalue weighted by molar-refractivity contribution is 7.92. The van der Waals surface area contributed by atoms with Gasteiger partial charge in [-0.1, -0.05) is 6.07 Å². The Morgan fingerprint density at radius 1 is 1.53 bits per heavy atom. The molecule has 0 bridgehead atoms. The zero-order valence-corrected chi connectivity index (χ0v) is 10.6. The van der Waals surface area contributed by atoms with Gasteiger partial charge in [0.1, 0.15) is 5.82 Å². The summed E-state index contributed by atoms with van der Waals surface area (Å²) >= 11 is 0. The molecule has 5 nitrogen and oxygen atoms in total. The molecule has 1 aliphatic rings. The van der Waals surface area contributed by atoms with Gasteiger partial charge < -0.3 is 5.32 Å². The lowest BCUT2D eigenvalue weighted by atomic mass is 10.3. The average Bonchev–Trinajstić information content (AvgIpc) is 2.73. The standard InChI is InChI=1S/C11H17N3O2S/c1-9-4-5-11(13-7-9)14-17(15,16)8-10-3-2-6-12-10/h4-5,7,10,12H,2-3,6,8H2,1H3,(H,13,14). The molecule has 1 saturated heterocycles. The molecule has 0 aliphatic carbocycles. The van der Waals surface area contributed by atoms with Crippen LogP contribution in [-0.2, 0) is 10.0 Å². The van der Waals surface area contributed by atoms with E-state index in [1.807, 2.05) is 13.0 Å². The number of hydrogen-bond acceptors (Lipinski definition) is 4. The highest BCUT2D eigenvalue weighted by Gasteiger charge is 2.22. The van der Waals surface area contributed by atoms with Crippen molar-refractivity contribution in [1.82, 2.24) is 10.3 Å². The Labute approximate surface area is 102 Å². The summed E-state index contributed by atoms with van der Waals surface area (Å²) in [4.78, 5) is 4.03. The van der Waals surface area contributed by atoms with E-state index in [0.29, 0.717) is 5.82 Å². The second-order valence-corrected chi connectivity index (χ2v) is 6.16. The normalized spacial score (nSPS) is 20.4. The monoisotopic (exact) mass is 255 g/mol. The predicted molar refractivity (Wildman–Crippen MR) is 67.4 cm³/mol. The lowest BCUT2D eigenvalue weighted by molar-refractivity contribution is 0.581. The van der Waals surface area contributed by atoms with Crippen LogP contribution in [0.5, 0.6) is 0 Å². The van der Waals surface area contributed by atoms with Crippen LogP contribution in [0.25, 0.3) is 0 Å². The molecule has 6 heteroatoms. The lowest BCUT2D eigenvalue weighted by Gasteiger charge is -2.12. The van der Waals surface area contributed by atoms with Crippen molar-refractivity contribution in [2.24, 2.45) is 0 Å². The largest absolute Gasteiger partial charge is 0.313 e. The Morgan fingerprint density at radius 3 is 2.94 bits per heavy atom. The van der Waals surface area contributed by atoms with Crippen molar-refractivity contribution in [2.45, 2.75) is 25.8 Å². The van der Waals surface area contributed by atoms with Crippen LogP contribution in [0.3, 0.4) is 0 Å². The van der Waals surface area contributed by atoms with E-state index in [-0.39, 0.29) is 11.8 Å². The van der Waals surface area contributed by atoms with E-state index >= 15 is 0 Å². The van der Waals surface area contributed by atoms with Crippen molar-refractivity contribution < 1.29 is 8.42 Å². The SMILES string of the molecule is Cc1ccc(NS(=O)(=O)CC2CCCN2)nc1. The molecule has 1 unspecified atom stereocenters. The Bertz CT molecular complexity index is 464. The minimum Gasteiger partial charge on any atom is -0.313 e. The summed E-state index contributed by atoms with van der Waals surface area (Å²) in [6.07, 6.45) is 3.61. The first-order valence-corrected chi connectivity index (χ1v) is 7.37. The fourth-order valence-corrected chi connectivity index (χ4v) is 3.23. The molecule has 2 N–H and O–H groups in total. The van der Waals surface area contributed by atoms with Crippen molar-refractivity contribution >= 4 is 15.8 Å². The van der Waals surface area contributed by atoms with Crippen LogP contribution in [0, 0.1) is 6.92 Å². The van der Waals surface area contributed by atoms with E-state index in [2.05, 4.69) is 15.0 Å². The summed E-state index contributed by atoms with van der Waals surface area (Å²) in [5, 5.41) is 3.17. The molecule has 0 aromatic carbocycles. The van der Waals surface area contributed by atoms with E-state index in [1.54, 1.807) is 12.3 Å². The average molecular weight is 255 g/mol. The first kappa shape index (κ1) is 12.3. The van der Waals surface area contributed by atoms with Crippen LogP contribution in [0.1, 0.15) is 18.4 Å². The summed E-state index contributed by atoms with van der Waals surface area (Å²) in [6.45, 7) is 2.82. The summed E-state index contributed by atoms with van der Waals surface area (Å²) in [7, 11) is -3.31. The van der Waals surface area contributed by atoms with Crippen molar-refractivity contribution in [3.63, 3.8) is 0 Å². The second kappa shape index (κ2) is 5.01. The number of nitrogens with one attached hydrogen (secondary N) is 2. The minimum absolute atomic E-state index is 0.0675. The molecule has 2 heterocycles. The lowest BCUT2D eigenvalue weighted by Crippen LogP contribution is -2.32. The minimum atomic E-state index is -3.31. The highest BCUT2D eigenvalue weighted by atomic mass is 32.2. The van der Waals surface area contributed by atoms with Gasteiger partial charge in [0.05, 0.1) is 5.75 Å². The first-order chi connectivity index (χ1) is 8.05. The molecule has 1 aromatic heterocycles. The second-order valence-electron chi connectivity index (χ2n) is 4.40. The number of hydrogen-bond donors (Lipinski definition) is 2. The molecule has 94 valence electrons. The molecule has 0 amide bonds. The van der Waals surface area contributed by atoms with Crippen molar-refractivity contribution in [3.8, 4) is 0 Å². The molecule has 1 aliphatic heterocycles. The number of aromatic nitrogens is 1. The predicted octanol–water partition coefficient (Wildman–Crippen LogP) is 0.884. The smallest absolute Gasteiger partial charge is 0.235 e. The van der Waals surface area contributed by atoms with E-state index in [1.165, 1.54) is 0 Å². The summed E-state index contributed by atoms with van der Waals surface area (Å²) in [5.41, 5.74) is 1.01. The molecular weight excluding hydrogens is 238 g/mol. The number of pyridine rings is 1. The quantitative estimate of drug-likeness (QED) is 0.838. The molecule has 17 heavy (non-hydrogen) atoms. The third-order valence-corrected chi connectivity index (χ3v) is 4.12. The maximum absolute atomic E-state index is 11.8. The first-order valence-electron chi connectivity index (χ1n) is 5.72.